The normalized spacial score (nSPS) is 12.1. The Bertz CT molecular complexity index is 1240. The first-order valence-electron chi connectivity index (χ1n) is 9.11. The lowest BCUT2D eigenvalue weighted by Crippen LogP contribution is -2.24. The van der Waals surface area contributed by atoms with Gasteiger partial charge in [-0.05, 0) is 35.9 Å². The summed E-state index contributed by atoms with van der Waals surface area (Å²) >= 11 is 0. The zero-order valence-corrected chi connectivity index (χ0v) is 15.3. The van der Waals surface area contributed by atoms with E-state index in [4.69, 9.17) is 9.47 Å². The van der Waals surface area contributed by atoms with Crippen molar-refractivity contribution in [2.75, 3.05) is 12.1 Å². The van der Waals surface area contributed by atoms with E-state index in [0.29, 0.717) is 28.4 Å². The fraction of sp³-hybridized carbons (Fsp3) is 0.0435. The minimum absolute atomic E-state index is 0.141. The van der Waals surface area contributed by atoms with Crippen molar-refractivity contribution < 1.29 is 19.1 Å². The van der Waals surface area contributed by atoms with E-state index < -0.39 is 11.7 Å². The Morgan fingerprint density at radius 2 is 1.66 bits per heavy atom. The molecule has 0 fully saturated rings. The first kappa shape index (κ1) is 17.1. The van der Waals surface area contributed by atoms with Crippen molar-refractivity contribution in [1.82, 2.24) is 4.40 Å². The molecule has 1 aliphatic heterocycles. The molecule has 0 saturated carbocycles. The Balaban J connectivity index is 1.53. The Hall–Kier alpha value is -4.06. The van der Waals surface area contributed by atoms with E-state index in [0.717, 1.165) is 11.1 Å². The molecule has 6 nitrogen and oxygen atoms in total. The Morgan fingerprint density at radius 3 is 2.52 bits per heavy atom. The third-order valence-corrected chi connectivity index (χ3v) is 4.82. The van der Waals surface area contributed by atoms with Crippen LogP contribution in [0.15, 0.2) is 79.0 Å². The van der Waals surface area contributed by atoms with Crippen molar-refractivity contribution in [1.29, 1.82) is 0 Å². The lowest BCUT2D eigenvalue weighted by Gasteiger charge is -2.08. The molecule has 142 valence electrons. The van der Waals surface area contributed by atoms with Crippen LogP contribution in [0.5, 0.6) is 11.5 Å². The average molecular weight is 384 g/mol. The molecule has 6 heteroatoms. The third kappa shape index (κ3) is 3.00. The van der Waals surface area contributed by atoms with Gasteiger partial charge in [-0.25, -0.2) is 0 Å². The predicted molar refractivity (Wildman–Crippen MR) is 108 cm³/mol. The summed E-state index contributed by atoms with van der Waals surface area (Å²) in [7, 11) is 0. The van der Waals surface area contributed by atoms with Gasteiger partial charge in [-0.3, -0.25) is 9.59 Å². The highest BCUT2D eigenvalue weighted by Gasteiger charge is 2.25. The molecule has 0 saturated heterocycles. The number of anilines is 1. The van der Waals surface area contributed by atoms with Crippen LogP contribution >= 0.6 is 0 Å². The fourth-order valence-corrected chi connectivity index (χ4v) is 3.46. The number of benzene rings is 2. The second kappa shape index (κ2) is 6.83. The Morgan fingerprint density at radius 1 is 0.862 bits per heavy atom. The van der Waals surface area contributed by atoms with Crippen molar-refractivity contribution >= 4 is 22.9 Å². The highest BCUT2D eigenvalue weighted by Crippen LogP contribution is 2.34. The summed E-state index contributed by atoms with van der Waals surface area (Å²) in [6.45, 7) is 0.141. The van der Waals surface area contributed by atoms with Crippen LogP contribution in [-0.4, -0.2) is 22.9 Å². The topological polar surface area (TPSA) is 69.0 Å². The highest BCUT2D eigenvalue weighted by molar-refractivity contribution is 6.47. The van der Waals surface area contributed by atoms with Gasteiger partial charge < -0.3 is 19.2 Å². The summed E-state index contributed by atoms with van der Waals surface area (Å²) in [6.07, 6.45) is 1.78. The Labute approximate surface area is 166 Å². The van der Waals surface area contributed by atoms with Gasteiger partial charge in [0.1, 0.15) is 5.69 Å². The van der Waals surface area contributed by atoms with Gasteiger partial charge in [-0.1, -0.05) is 36.4 Å². The number of hydrogen-bond acceptors (Lipinski definition) is 4. The van der Waals surface area contributed by atoms with Crippen LogP contribution in [0.1, 0.15) is 10.5 Å². The second-order valence-electron chi connectivity index (χ2n) is 6.62. The monoisotopic (exact) mass is 384 g/mol. The number of fused-ring (bicyclic) bond motifs is 2. The van der Waals surface area contributed by atoms with Crippen LogP contribution in [0.2, 0.25) is 0 Å². The molecule has 1 N–H and O–H groups in total. The second-order valence-corrected chi connectivity index (χ2v) is 6.62. The van der Waals surface area contributed by atoms with Crippen molar-refractivity contribution in [2.24, 2.45) is 0 Å². The molecule has 0 atom stereocenters. The fourth-order valence-electron chi connectivity index (χ4n) is 3.46. The number of rotatable bonds is 4. The van der Waals surface area contributed by atoms with E-state index in [9.17, 15) is 9.59 Å². The van der Waals surface area contributed by atoms with Gasteiger partial charge in [0.05, 0.1) is 0 Å². The van der Waals surface area contributed by atoms with Gasteiger partial charge in [0, 0.05) is 29.0 Å². The summed E-state index contributed by atoms with van der Waals surface area (Å²) in [5.74, 6) is -0.191. The maximum Gasteiger partial charge on any atom is 0.298 e. The number of carbonyl (C=O) groups excluding carboxylic acids is 2. The molecule has 2 aromatic carbocycles. The maximum absolute atomic E-state index is 13.2. The van der Waals surface area contributed by atoms with Crippen LogP contribution < -0.4 is 14.8 Å². The molecule has 29 heavy (non-hydrogen) atoms. The average Bonchev–Trinajstić information content (AvgIpc) is 3.38. The molecular formula is C23H16N2O4. The number of amides is 1. The SMILES string of the molecule is O=C(Nc1ccc2c(c1)OCO2)C(=O)c1c(-c2ccccc2)cc2ccccn12. The van der Waals surface area contributed by atoms with E-state index in [-0.39, 0.29) is 6.79 Å². The number of hydrogen-bond donors (Lipinski definition) is 1. The lowest BCUT2D eigenvalue weighted by molar-refractivity contribution is -0.112. The van der Waals surface area contributed by atoms with Crippen molar-refractivity contribution in [3.05, 3.63) is 84.7 Å². The van der Waals surface area contributed by atoms with E-state index in [2.05, 4.69) is 5.32 Å². The van der Waals surface area contributed by atoms with Gasteiger partial charge in [0.25, 0.3) is 11.7 Å². The van der Waals surface area contributed by atoms with Gasteiger partial charge in [0.2, 0.25) is 6.79 Å². The van der Waals surface area contributed by atoms with E-state index in [1.165, 1.54) is 0 Å². The summed E-state index contributed by atoms with van der Waals surface area (Å²) < 4.78 is 12.3. The lowest BCUT2D eigenvalue weighted by atomic mass is 10.0. The number of nitrogens with zero attached hydrogens (tertiary/aromatic N) is 1. The molecule has 2 aromatic heterocycles. The smallest absolute Gasteiger partial charge is 0.298 e. The zero-order chi connectivity index (χ0) is 19.8. The molecular weight excluding hydrogens is 368 g/mol. The largest absolute Gasteiger partial charge is 0.454 e. The number of aromatic nitrogens is 1. The molecule has 0 radical (unpaired) electrons. The summed E-state index contributed by atoms with van der Waals surface area (Å²) in [6, 6.07) is 22.1. The Kier molecular flexibility index (Phi) is 4.02. The molecule has 0 spiro atoms. The minimum Gasteiger partial charge on any atom is -0.454 e. The molecule has 4 aromatic rings. The quantitative estimate of drug-likeness (QED) is 0.424. The zero-order valence-electron chi connectivity index (χ0n) is 15.3. The number of carbonyl (C=O) groups is 2. The molecule has 3 heterocycles. The van der Waals surface area contributed by atoms with Crippen molar-refractivity contribution in [3.8, 4) is 22.6 Å². The van der Waals surface area contributed by atoms with Gasteiger partial charge in [-0.15, -0.1) is 0 Å². The van der Waals surface area contributed by atoms with E-state index in [1.807, 2.05) is 54.6 Å². The molecule has 0 aliphatic carbocycles. The molecule has 0 unspecified atom stereocenters. The number of pyridine rings is 1. The van der Waals surface area contributed by atoms with Crippen LogP contribution in [-0.2, 0) is 4.79 Å². The standard InChI is InChI=1S/C23H16N2O4/c26-22(23(27)24-16-9-10-19-20(12-16)29-14-28-19)21-18(15-6-2-1-3-7-15)13-17-8-4-5-11-25(17)21/h1-13H,14H2,(H,24,27). The number of ether oxygens (including phenoxy) is 2. The van der Waals surface area contributed by atoms with Crippen LogP contribution in [0.3, 0.4) is 0 Å². The van der Waals surface area contributed by atoms with Crippen LogP contribution in [0.4, 0.5) is 5.69 Å². The summed E-state index contributed by atoms with van der Waals surface area (Å²) in [4.78, 5) is 26.0. The number of Topliss-reactive ketones (excluding diaryl/α,β-unsaturated/α-hetero) is 1. The summed E-state index contributed by atoms with van der Waals surface area (Å²) in [5, 5.41) is 2.67. The third-order valence-electron chi connectivity index (χ3n) is 4.82. The molecule has 0 bridgehead atoms. The van der Waals surface area contributed by atoms with Crippen LogP contribution in [0.25, 0.3) is 16.6 Å². The van der Waals surface area contributed by atoms with Crippen molar-refractivity contribution in [2.45, 2.75) is 0 Å². The van der Waals surface area contributed by atoms with Gasteiger partial charge in [0.15, 0.2) is 11.5 Å². The van der Waals surface area contributed by atoms with E-state index in [1.54, 1.807) is 28.8 Å². The first-order valence-corrected chi connectivity index (χ1v) is 9.11. The number of ketones is 1. The number of nitrogens with one attached hydrogen (secondary N) is 1. The summed E-state index contributed by atoms with van der Waals surface area (Å²) in [5.41, 5.74) is 3.21. The minimum atomic E-state index is -0.718. The molecule has 1 aliphatic rings. The highest BCUT2D eigenvalue weighted by atomic mass is 16.7. The van der Waals surface area contributed by atoms with E-state index >= 15 is 0 Å². The van der Waals surface area contributed by atoms with Gasteiger partial charge in [-0.2, -0.15) is 0 Å². The maximum atomic E-state index is 13.2. The predicted octanol–water partition coefficient (Wildman–Crippen LogP) is 4.16. The molecule has 5 rings (SSSR count). The molecule has 1 amide bonds. The first-order chi connectivity index (χ1) is 14.2. The van der Waals surface area contributed by atoms with Crippen LogP contribution in [0, 0.1) is 0 Å². The van der Waals surface area contributed by atoms with Crippen molar-refractivity contribution in [3.63, 3.8) is 0 Å². The van der Waals surface area contributed by atoms with Gasteiger partial charge >= 0.3 is 0 Å².